The summed E-state index contributed by atoms with van der Waals surface area (Å²) in [5.41, 5.74) is -1.11. The first kappa shape index (κ1) is 9.94. The van der Waals surface area contributed by atoms with E-state index in [0.29, 0.717) is 0 Å². The highest BCUT2D eigenvalue weighted by molar-refractivity contribution is 5.74. The van der Waals surface area contributed by atoms with Crippen LogP contribution in [0.5, 0.6) is 0 Å². The molecule has 0 aliphatic heterocycles. The third-order valence-corrected chi connectivity index (χ3v) is 1.19. The number of carbonyl (C=O) groups is 2. The van der Waals surface area contributed by atoms with E-state index < -0.39 is 17.4 Å². The topological polar surface area (TPSA) is 63.3 Å². The van der Waals surface area contributed by atoms with Crippen LogP contribution in [0.25, 0.3) is 0 Å². The second kappa shape index (κ2) is 3.37. The van der Waals surface area contributed by atoms with Crippen LogP contribution in [0.2, 0.25) is 0 Å². The Morgan fingerprint density at radius 1 is 1.36 bits per heavy atom. The highest BCUT2D eigenvalue weighted by Gasteiger charge is 2.30. The van der Waals surface area contributed by atoms with Gasteiger partial charge in [-0.15, -0.1) is 0 Å². The maximum Gasteiger partial charge on any atom is 0.364 e. The molecule has 0 aromatic heterocycles. The average Bonchev–Trinajstić information content (AvgIpc) is 1.84. The molecule has 0 N–H and O–H groups in total. The summed E-state index contributed by atoms with van der Waals surface area (Å²) < 4.78 is 4.51. The van der Waals surface area contributed by atoms with E-state index in [2.05, 4.69) is 4.74 Å². The molecular formula is C7H11O4. The molecule has 63 valence electrons. The van der Waals surface area contributed by atoms with Gasteiger partial charge in [-0.3, -0.25) is 4.79 Å². The first-order chi connectivity index (χ1) is 4.86. The third kappa shape index (κ3) is 3.60. The van der Waals surface area contributed by atoms with Crippen LogP contribution < -0.4 is 0 Å². The molecule has 0 aliphatic carbocycles. The van der Waals surface area contributed by atoms with Crippen molar-refractivity contribution >= 4 is 11.9 Å². The molecule has 0 saturated carbocycles. The van der Waals surface area contributed by atoms with Crippen molar-refractivity contribution < 1.29 is 19.4 Å². The summed E-state index contributed by atoms with van der Waals surface area (Å²) in [4.78, 5) is 20.6. The second-order valence-corrected chi connectivity index (χ2v) is 2.95. The summed E-state index contributed by atoms with van der Waals surface area (Å²) in [6, 6.07) is 0. The number of carbonyl (C=O) groups excluding carboxylic acids is 2. The van der Waals surface area contributed by atoms with Crippen molar-refractivity contribution in [1.29, 1.82) is 0 Å². The predicted molar refractivity (Wildman–Crippen MR) is 36.1 cm³/mol. The van der Waals surface area contributed by atoms with Gasteiger partial charge in [0.2, 0.25) is 0 Å². The predicted octanol–water partition coefficient (Wildman–Crippen LogP) is 0.533. The lowest BCUT2D eigenvalue weighted by molar-refractivity contribution is -0.160. The fourth-order valence-corrected chi connectivity index (χ4v) is 0.341. The van der Waals surface area contributed by atoms with E-state index in [1.54, 1.807) is 0 Å². The Morgan fingerprint density at radius 3 is 2.09 bits per heavy atom. The molecule has 11 heavy (non-hydrogen) atoms. The lowest BCUT2D eigenvalue weighted by atomic mass is 9.95. The molecule has 0 aliphatic rings. The summed E-state index contributed by atoms with van der Waals surface area (Å²) in [7, 11) is 0. The van der Waals surface area contributed by atoms with Crippen LogP contribution in [-0.4, -0.2) is 18.5 Å². The lowest BCUT2D eigenvalue weighted by Gasteiger charge is -2.15. The van der Waals surface area contributed by atoms with E-state index in [1.165, 1.54) is 20.8 Å². The van der Waals surface area contributed by atoms with E-state index in [-0.39, 0.29) is 6.61 Å². The largest absolute Gasteiger partial charge is 0.465 e. The van der Waals surface area contributed by atoms with Gasteiger partial charge in [0.1, 0.15) is 12.0 Å². The maximum atomic E-state index is 10.3. The van der Waals surface area contributed by atoms with Gasteiger partial charge in [-0.1, -0.05) is 0 Å². The molecule has 0 unspecified atom stereocenters. The highest BCUT2D eigenvalue weighted by atomic mass is 16.5. The van der Waals surface area contributed by atoms with Gasteiger partial charge in [-0.05, 0) is 13.8 Å². The zero-order valence-corrected chi connectivity index (χ0v) is 6.84. The van der Waals surface area contributed by atoms with Crippen LogP contribution >= 0.6 is 0 Å². The van der Waals surface area contributed by atoms with Gasteiger partial charge >= 0.3 is 11.9 Å². The second-order valence-electron chi connectivity index (χ2n) is 2.95. The van der Waals surface area contributed by atoms with Crippen molar-refractivity contribution in [3.05, 3.63) is 0 Å². The van der Waals surface area contributed by atoms with Crippen LogP contribution in [-0.2, 0) is 19.4 Å². The molecule has 4 heteroatoms. The van der Waals surface area contributed by atoms with Crippen molar-refractivity contribution in [1.82, 2.24) is 0 Å². The van der Waals surface area contributed by atoms with E-state index in [1.807, 2.05) is 0 Å². The number of esters is 1. The number of hydrogen-bond donors (Lipinski definition) is 0. The van der Waals surface area contributed by atoms with Gasteiger partial charge in [-0.2, -0.15) is 0 Å². The first-order valence-electron chi connectivity index (χ1n) is 3.21. The molecule has 0 amide bonds. The Hall–Kier alpha value is -1.06. The number of hydrogen-bond acceptors (Lipinski definition) is 3. The quantitative estimate of drug-likeness (QED) is 0.564. The number of ether oxygens (including phenoxy) is 1. The minimum atomic E-state index is -1.22. The van der Waals surface area contributed by atoms with E-state index >= 15 is 0 Å². The summed E-state index contributed by atoms with van der Waals surface area (Å²) >= 11 is 0. The molecule has 0 rings (SSSR count). The molecule has 0 heterocycles. The minimum Gasteiger partial charge on any atom is -0.465 e. The molecule has 4 nitrogen and oxygen atoms in total. The maximum absolute atomic E-state index is 10.3. The fourth-order valence-electron chi connectivity index (χ4n) is 0.341. The molecule has 0 fully saturated rings. The Balaban J connectivity index is 3.92. The van der Waals surface area contributed by atoms with Gasteiger partial charge in [0.15, 0.2) is 0 Å². The number of rotatable bonds is 3. The van der Waals surface area contributed by atoms with E-state index in [0.717, 1.165) is 0 Å². The summed E-state index contributed by atoms with van der Waals surface area (Å²) in [6.45, 7) is 3.95. The Kier molecular flexibility index (Phi) is 3.04. The summed E-state index contributed by atoms with van der Waals surface area (Å²) in [5.74, 6) is -1.71. The molecule has 1 radical (unpaired) electrons. The fraction of sp³-hybridized carbons (Fsp3) is 0.714. The Bertz CT molecular complexity index is 171. The van der Waals surface area contributed by atoms with Crippen LogP contribution in [0.3, 0.4) is 0 Å². The van der Waals surface area contributed by atoms with Crippen molar-refractivity contribution in [3.63, 3.8) is 0 Å². The van der Waals surface area contributed by atoms with Crippen molar-refractivity contribution in [2.75, 3.05) is 6.61 Å². The molecule has 0 spiro atoms. The van der Waals surface area contributed by atoms with Crippen molar-refractivity contribution in [2.45, 2.75) is 20.8 Å². The monoisotopic (exact) mass is 159 g/mol. The zero-order chi connectivity index (χ0) is 9.07. The Labute approximate surface area is 65.2 Å². The molecule has 0 bridgehead atoms. The van der Waals surface area contributed by atoms with Crippen LogP contribution in [0, 0.1) is 5.41 Å². The van der Waals surface area contributed by atoms with E-state index in [4.69, 9.17) is 0 Å². The SMILES string of the molecule is CC(=O)OCC(C)(C)C([O])=O. The smallest absolute Gasteiger partial charge is 0.364 e. The Morgan fingerprint density at radius 2 is 1.82 bits per heavy atom. The normalized spacial score (nSPS) is 10.8. The zero-order valence-electron chi connectivity index (χ0n) is 6.84. The molecule has 0 atom stereocenters. The van der Waals surface area contributed by atoms with Crippen LogP contribution in [0.1, 0.15) is 20.8 Å². The standard InChI is InChI=1S/C7H11O4/c1-5(8)11-4-7(2,3)6(9)10/h4H2,1-3H3. The first-order valence-corrected chi connectivity index (χ1v) is 3.21. The minimum absolute atomic E-state index is 0.148. The third-order valence-electron chi connectivity index (χ3n) is 1.19. The average molecular weight is 159 g/mol. The lowest BCUT2D eigenvalue weighted by Crippen LogP contribution is -2.29. The van der Waals surface area contributed by atoms with Gasteiger partial charge in [0, 0.05) is 6.92 Å². The van der Waals surface area contributed by atoms with Crippen LogP contribution in [0.15, 0.2) is 0 Å². The van der Waals surface area contributed by atoms with Gasteiger partial charge in [0.25, 0.3) is 0 Å². The van der Waals surface area contributed by atoms with Gasteiger partial charge in [-0.25, -0.2) is 9.90 Å². The summed E-state index contributed by atoms with van der Waals surface area (Å²) in [5, 5.41) is 10.3. The van der Waals surface area contributed by atoms with E-state index in [9.17, 15) is 14.7 Å². The van der Waals surface area contributed by atoms with Crippen LogP contribution in [0.4, 0.5) is 0 Å². The molecule has 0 aromatic carbocycles. The van der Waals surface area contributed by atoms with Gasteiger partial charge in [0.05, 0.1) is 0 Å². The van der Waals surface area contributed by atoms with Gasteiger partial charge < -0.3 is 4.74 Å². The van der Waals surface area contributed by atoms with Crippen molar-refractivity contribution in [3.8, 4) is 0 Å². The molecule has 0 aromatic rings. The van der Waals surface area contributed by atoms with Crippen molar-refractivity contribution in [2.24, 2.45) is 5.41 Å². The molecular weight excluding hydrogens is 148 g/mol. The summed E-state index contributed by atoms with van der Waals surface area (Å²) in [6.07, 6.45) is 0. The molecule has 0 saturated heterocycles. The highest BCUT2D eigenvalue weighted by Crippen LogP contribution is 2.15.